The number of ether oxygens (including phenoxy) is 3. The average Bonchev–Trinajstić information content (AvgIpc) is 2.68. The van der Waals surface area contributed by atoms with Crippen molar-refractivity contribution in [2.45, 2.75) is 13.8 Å². The van der Waals surface area contributed by atoms with Crippen LogP contribution >= 0.6 is 0 Å². The van der Waals surface area contributed by atoms with E-state index in [-0.39, 0.29) is 11.8 Å². The van der Waals surface area contributed by atoms with Crippen LogP contribution in [-0.2, 0) is 9.59 Å². The average molecular weight is 382 g/mol. The van der Waals surface area contributed by atoms with E-state index in [1.54, 1.807) is 43.5 Å². The molecule has 0 aromatic heterocycles. The number of hydrogen-bond acceptors (Lipinski definition) is 5. The maximum Gasteiger partial charge on any atom is 0.248 e. The van der Waals surface area contributed by atoms with E-state index in [0.29, 0.717) is 41.8 Å². The number of nitrogens with one attached hydrogen (secondary N) is 2. The topological polar surface area (TPSA) is 85.9 Å². The molecule has 0 unspecified atom stereocenters. The summed E-state index contributed by atoms with van der Waals surface area (Å²) in [7, 11) is 1.55. The van der Waals surface area contributed by atoms with Crippen molar-refractivity contribution in [1.82, 2.24) is 0 Å². The second-order valence-corrected chi connectivity index (χ2v) is 6.23. The molecule has 1 aliphatic heterocycles. The minimum Gasteiger partial charge on any atom is -0.493 e. The number of carbonyl (C=O) groups is 2. The molecule has 0 aliphatic carbocycles. The summed E-state index contributed by atoms with van der Waals surface area (Å²) < 4.78 is 16.5. The van der Waals surface area contributed by atoms with Gasteiger partial charge in [0.15, 0.2) is 11.5 Å². The third-order valence-electron chi connectivity index (χ3n) is 4.18. The SMILES string of the molecule is COc1cc(/C=C/C(=O)Nc2cccc(NC(C)=O)c2C)cc2c1OCCO2. The van der Waals surface area contributed by atoms with Crippen LogP contribution in [0.3, 0.4) is 0 Å². The molecule has 1 heterocycles. The van der Waals surface area contributed by atoms with Crippen molar-refractivity contribution < 1.29 is 23.8 Å². The van der Waals surface area contributed by atoms with Gasteiger partial charge in [-0.05, 0) is 48.4 Å². The smallest absolute Gasteiger partial charge is 0.248 e. The highest BCUT2D eigenvalue weighted by molar-refractivity contribution is 6.03. The van der Waals surface area contributed by atoms with Crippen LogP contribution in [0.1, 0.15) is 18.1 Å². The molecule has 2 aromatic rings. The van der Waals surface area contributed by atoms with Gasteiger partial charge in [-0.2, -0.15) is 0 Å². The van der Waals surface area contributed by atoms with Crippen LogP contribution in [0.5, 0.6) is 17.2 Å². The first-order valence-electron chi connectivity index (χ1n) is 8.82. The number of hydrogen-bond donors (Lipinski definition) is 2. The Kier molecular flexibility index (Phi) is 5.84. The van der Waals surface area contributed by atoms with Crippen LogP contribution in [0.25, 0.3) is 6.08 Å². The van der Waals surface area contributed by atoms with E-state index in [0.717, 1.165) is 11.1 Å². The fourth-order valence-electron chi connectivity index (χ4n) is 2.83. The van der Waals surface area contributed by atoms with Crippen molar-refractivity contribution in [3.63, 3.8) is 0 Å². The van der Waals surface area contributed by atoms with Crippen LogP contribution in [0.15, 0.2) is 36.4 Å². The van der Waals surface area contributed by atoms with Crippen molar-refractivity contribution in [3.05, 3.63) is 47.5 Å². The maximum absolute atomic E-state index is 12.3. The molecular weight excluding hydrogens is 360 g/mol. The molecule has 2 amide bonds. The monoisotopic (exact) mass is 382 g/mol. The fourth-order valence-corrected chi connectivity index (χ4v) is 2.83. The number of methoxy groups -OCH3 is 1. The highest BCUT2D eigenvalue weighted by atomic mass is 16.6. The molecule has 7 nitrogen and oxygen atoms in total. The molecule has 0 radical (unpaired) electrons. The molecule has 7 heteroatoms. The minimum absolute atomic E-state index is 0.168. The quantitative estimate of drug-likeness (QED) is 0.775. The van der Waals surface area contributed by atoms with Gasteiger partial charge in [0.2, 0.25) is 17.6 Å². The molecule has 0 saturated heterocycles. The number of fused-ring (bicyclic) bond motifs is 1. The van der Waals surface area contributed by atoms with Crippen LogP contribution < -0.4 is 24.8 Å². The Hall–Kier alpha value is -3.48. The summed E-state index contributed by atoms with van der Waals surface area (Å²) in [5.74, 6) is 1.25. The molecule has 2 aromatic carbocycles. The predicted octanol–water partition coefficient (Wildman–Crippen LogP) is 3.39. The molecule has 1 aliphatic rings. The van der Waals surface area contributed by atoms with Gasteiger partial charge < -0.3 is 24.8 Å². The lowest BCUT2D eigenvalue weighted by molar-refractivity contribution is -0.114. The Bertz CT molecular complexity index is 919. The number of rotatable bonds is 5. The molecule has 0 spiro atoms. The molecule has 146 valence electrons. The lowest BCUT2D eigenvalue weighted by Gasteiger charge is -2.20. The Balaban J connectivity index is 1.75. The minimum atomic E-state index is -0.295. The lowest BCUT2D eigenvalue weighted by Crippen LogP contribution is -2.16. The van der Waals surface area contributed by atoms with E-state index in [2.05, 4.69) is 10.6 Å². The number of anilines is 2. The van der Waals surface area contributed by atoms with Crippen LogP contribution in [-0.4, -0.2) is 32.1 Å². The van der Waals surface area contributed by atoms with Crippen molar-refractivity contribution in [2.24, 2.45) is 0 Å². The largest absolute Gasteiger partial charge is 0.493 e. The predicted molar refractivity (Wildman–Crippen MR) is 107 cm³/mol. The first-order chi connectivity index (χ1) is 13.5. The van der Waals surface area contributed by atoms with Crippen molar-refractivity contribution in [1.29, 1.82) is 0 Å². The van der Waals surface area contributed by atoms with E-state index < -0.39 is 0 Å². The molecule has 0 bridgehead atoms. The fraction of sp³-hybridized carbons (Fsp3) is 0.238. The van der Waals surface area contributed by atoms with Gasteiger partial charge in [0.05, 0.1) is 7.11 Å². The second kappa shape index (κ2) is 8.47. The number of amides is 2. The molecule has 0 saturated carbocycles. The zero-order valence-corrected chi connectivity index (χ0v) is 16.0. The van der Waals surface area contributed by atoms with E-state index in [1.807, 2.05) is 6.92 Å². The lowest BCUT2D eigenvalue weighted by atomic mass is 10.1. The summed E-state index contributed by atoms with van der Waals surface area (Å²) >= 11 is 0. The highest BCUT2D eigenvalue weighted by Gasteiger charge is 2.17. The van der Waals surface area contributed by atoms with E-state index in [9.17, 15) is 9.59 Å². The second-order valence-electron chi connectivity index (χ2n) is 6.23. The molecule has 0 fully saturated rings. The summed E-state index contributed by atoms with van der Waals surface area (Å²) in [6, 6.07) is 8.90. The summed E-state index contributed by atoms with van der Waals surface area (Å²) in [6.45, 7) is 4.21. The first kappa shape index (κ1) is 19.3. The Labute approximate surface area is 163 Å². The van der Waals surface area contributed by atoms with Crippen LogP contribution in [0.2, 0.25) is 0 Å². The van der Waals surface area contributed by atoms with Gasteiger partial charge >= 0.3 is 0 Å². The van der Waals surface area contributed by atoms with Gasteiger partial charge in [-0.25, -0.2) is 0 Å². The van der Waals surface area contributed by atoms with E-state index in [4.69, 9.17) is 14.2 Å². The van der Waals surface area contributed by atoms with Crippen molar-refractivity contribution in [3.8, 4) is 17.2 Å². The summed E-state index contributed by atoms with van der Waals surface area (Å²) in [5.41, 5.74) is 2.81. The van der Waals surface area contributed by atoms with Gasteiger partial charge in [0, 0.05) is 24.4 Å². The Morgan fingerprint density at radius 1 is 1.11 bits per heavy atom. The molecule has 2 N–H and O–H groups in total. The van der Waals surface area contributed by atoms with Crippen LogP contribution in [0, 0.1) is 6.92 Å². The third kappa shape index (κ3) is 4.43. The van der Waals surface area contributed by atoms with Gasteiger partial charge in [-0.1, -0.05) is 6.07 Å². The maximum atomic E-state index is 12.3. The Morgan fingerprint density at radius 3 is 2.54 bits per heavy atom. The summed E-state index contributed by atoms with van der Waals surface area (Å²) in [5, 5.41) is 5.56. The summed E-state index contributed by atoms with van der Waals surface area (Å²) in [6.07, 6.45) is 3.10. The zero-order chi connectivity index (χ0) is 20.1. The standard InChI is InChI=1S/C21H22N2O5/c1-13-16(22-14(2)24)5-4-6-17(13)23-20(25)8-7-15-11-18(26-3)21-19(12-15)27-9-10-28-21/h4-8,11-12H,9-10H2,1-3H3,(H,22,24)(H,23,25)/b8-7+. The molecular formula is C21H22N2O5. The zero-order valence-electron chi connectivity index (χ0n) is 16.0. The third-order valence-corrected chi connectivity index (χ3v) is 4.18. The number of benzene rings is 2. The first-order valence-corrected chi connectivity index (χ1v) is 8.82. The number of carbonyl (C=O) groups excluding carboxylic acids is 2. The van der Waals surface area contributed by atoms with E-state index in [1.165, 1.54) is 13.0 Å². The summed E-state index contributed by atoms with van der Waals surface area (Å²) in [4.78, 5) is 23.6. The molecule has 28 heavy (non-hydrogen) atoms. The van der Waals surface area contributed by atoms with Gasteiger partial charge in [-0.3, -0.25) is 9.59 Å². The van der Waals surface area contributed by atoms with E-state index >= 15 is 0 Å². The molecule has 3 rings (SSSR count). The molecule has 0 atom stereocenters. The normalized spacial score (nSPS) is 12.5. The van der Waals surface area contributed by atoms with Crippen LogP contribution in [0.4, 0.5) is 11.4 Å². The van der Waals surface area contributed by atoms with Gasteiger partial charge in [0.25, 0.3) is 0 Å². The highest BCUT2D eigenvalue weighted by Crippen LogP contribution is 2.40. The van der Waals surface area contributed by atoms with Crippen molar-refractivity contribution >= 4 is 29.3 Å². The van der Waals surface area contributed by atoms with Gasteiger partial charge in [-0.15, -0.1) is 0 Å². The van der Waals surface area contributed by atoms with Gasteiger partial charge in [0.1, 0.15) is 13.2 Å². The van der Waals surface area contributed by atoms with Crippen molar-refractivity contribution in [2.75, 3.05) is 31.0 Å². The Morgan fingerprint density at radius 2 is 1.82 bits per heavy atom.